The third-order valence-electron chi connectivity index (χ3n) is 3.13. The van der Waals surface area contributed by atoms with Gasteiger partial charge in [0.05, 0.1) is 5.56 Å². The molecular weight excluding hydrogens is 292 g/mol. The zero-order valence-electron chi connectivity index (χ0n) is 12.7. The summed E-state index contributed by atoms with van der Waals surface area (Å²) in [7, 11) is 0. The van der Waals surface area contributed by atoms with Gasteiger partial charge in [0, 0.05) is 20.9 Å². The van der Waals surface area contributed by atoms with Crippen LogP contribution in [0.5, 0.6) is 5.75 Å². The lowest BCUT2D eigenvalue weighted by Gasteiger charge is -2.31. The molecule has 0 heterocycles. The molecule has 0 radical (unpaired) electrons. The maximum Gasteiger partial charge on any atom is 0.337 e. The minimum absolute atomic E-state index is 0.0457. The molecule has 3 nitrogen and oxygen atoms in total. The van der Waals surface area contributed by atoms with E-state index in [2.05, 4.69) is 25.3 Å². The highest BCUT2D eigenvalue weighted by atomic mass is 32.1. The molecule has 5 heteroatoms. The average molecular weight is 314 g/mol. The molecule has 0 unspecified atom stereocenters. The van der Waals surface area contributed by atoms with Crippen molar-refractivity contribution in [1.29, 1.82) is 0 Å². The first-order valence-corrected chi connectivity index (χ1v) is 7.24. The SMILES string of the molecule is CC(C)(C)c1c(O)c(C(C)(C)C)c(S)c(C(=O)O)c1S. The van der Waals surface area contributed by atoms with Crippen LogP contribution in [0.2, 0.25) is 0 Å². The molecule has 0 aliphatic carbocycles. The summed E-state index contributed by atoms with van der Waals surface area (Å²) in [6.45, 7) is 11.5. The number of phenolic OH excluding ortho intramolecular Hbond substituents is 1. The average Bonchev–Trinajstić information content (AvgIpc) is 2.09. The van der Waals surface area contributed by atoms with Crippen molar-refractivity contribution in [2.75, 3.05) is 0 Å². The van der Waals surface area contributed by atoms with Gasteiger partial charge in [-0.25, -0.2) is 4.79 Å². The second-order valence-corrected chi connectivity index (χ2v) is 7.87. The number of carboxylic acid groups (broad SMARTS) is 1. The fourth-order valence-electron chi connectivity index (χ4n) is 2.33. The Morgan fingerprint density at radius 2 is 1.20 bits per heavy atom. The second kappa shape index (κ2) is 5.19. The summed E-state index contributed by atoms with van der Waals surface area (Å²) >= 11 is 8.67. The van der Waals surface area contributed by atoms with E-state index in [9.17, 15) is 15.0 Å². The minimum Gasteiger partial charge on any atom is -0.507 e. The Labute approximate surface area is 131 Å². The van der Waals surface area contributed by atoms with Gasteiger partial charge in [-0.1, -0.05) is 41.5 Å². The molecule has 1 rings (SSSR count). The van der Waals surface area contributed by atoms with Crippen LogP contribution in [0.4, 0.5) is 0 Å². The van der Waals surface area contributed by atoms with Gasteiger partial charge < -0.3 is 10.2 Å². The maximum atomic E-state index is 11.5. The molecule has 0 atom stereocenters. The number of phenols is 1. The minimum atomic E-state index is -1.09. The van der Waals surface area contributed by atoms with Crippen LogP contribution in [-0.2, 0) is 10.8 Å². The topological polar surface area (TPSA) is 57.5 Å². The van der Waals surface area contributed by atoms with Gasteiger partial charge in [0.2, 0.25) is 0 Å². The van der Waals surface area contributed by atoms with Gasteiger partial charge in [0.15, 0.2) is 0 Å². The lowest BCUT2D eigenvalue weighted by atomic mass is 9.78. The van der Waals surface area contributed by atoms with Gasteiger partial charge in [-0.05, 0) is 10.8 Å². The van der Waals surface area contributed by atoms with Crippen molar-refractivity contribution in [3.05, 3.63) is 16.7 Å². The molecule has 0 amide bonds. The molecular formula is C15H22O3S2. The fraction of sp³-hybridized carbons (Fsp3) is 0.533. The molecule has 0 spiro atoms. The Morgan fingerprint density at radius 1 is 0.900 bits per heavy atom. The summed E-state index contributed by atoms with van der Waals surface area (Å²) in [5.74, 6) is -0.999. The quantitative estimate of drug-likeness (QED) is 0.586. The standard InChI is InChI=1S/C15H22O3S2/c1-14(2,3)8-10(16)9(15(4,5)6)12(20)7(11(8)19)13(17)18/h16,19-20H,1-6H3,(H,17,18). The highest BCUT2D eigenvalue weighted by molar-refractivity contribution is 7.81. The van der Waals surface area contributed by atoms with Crippen molar-refractivity contribution < 1.29 is 15.0 Å². The highest BCUT2D eigenvalue weighted by Gasteiger charge is 2.34. The highest BCUT2D eigenvalue weighted by Crippen LogP contribution is 2.47. The van der Waals surface area contributed by atoms with E-state index >= 15 is 0 Å². The number of hydrogen-bond donors (Lipinski definition) is 4. The van der Waals surface area contributed by atoms with Crippen LogP contribution < -0.4 is 0 Å². The molecule has 0 fully saturated rings. The number of rotatable bonds is 1. The number of aromatic carboxylic acids is 1. The van der Waals surface area contributed by atoms with E-state index in [0.717, 1.165) is 0 Å². The van der Waals surface area contributed by atoms with Gasteiger partial charge in [-0.3, -0.25) is 0 Å². The Hall–Kier alpha value is -0.810. The fourth-order valence-corrected chi connectivity index (χ4v) is 3.72. The van der Waals surface area contributed by atoms with Crippen LogP contribution in [0.3, 0.4) is 0 Å². The van der Waals surface area contributed by atoms with Crippen LogP contribution in [-0.4, -0.2) is 16.2 Å². The number of carbonyl (C=O) groups is 1. The molecule has 1 aromatic rings. The molecule has 0 aliphatic rings. The largest absolute Gasteiger partial charge is 0.507 e. The molecule has 0 aromatic heterocycles. The summed E-state index contributed by atoms with van der Waals surface area (Å²) in [6, 6.07) is 0. The monoisotopic (exact) mass is 314 g/mol. The third kappa shape index (κ3) is 2.93. The first kappa shape index (κ1) is 17.2. The van der Waals surface area contributed by atoms with E-state index in [4.69, 9.17) is 0 Å². The number of carboxylic acids is 1. The Kier molecular flexibility index (Phi) is 4.47. The Bertz CT molecular complexity index is 523. The summed E-state index contributed by atoms with van der Waals surface area (Å²) in [5.41, 5.74) is 0.283. The normalized spacial score (nSPS) is 12.6. The summed E-state index contributed by atoms with van der Waals surface area (Å²) < 4.78 is 0. The van der Waals surface area contributed by atoms with Crippen LogP contribution in [0, 0.1) is 0 Å². The zero-order valence-corrected chi connectivity index (χ0v) is 14.5. The number of thiol groups is 2. The van der Waals surface area contributed by atoms with E-state index < -0.39 is 16.8 Å². The van der Waals surface area contributed by atoms with Gasteiger partial charge in [-0.2, -0.15) is 0 Å². The first-order valence-electron chi connectivity index (χ1n) is 6.35. The molecule has 2 N–H and O–H groups in total. The van der Waals surface area contributed by atoms with Gasteiger partial charge in [0.1, 0.15) is 5.75 Å². The number of aromatic hydroxyl groups is 1. The Morgan fingerprint density at radius 3 is 1.40 bits per heavy atom. The summed E-state index contributed by atoms with van der Waals surface area (Å²) in [6.07, 6.45) is 0. The Balaban J connectivity index is 4.00. The third-order valence-corrected chi connectivity index (χ3v) is 4.03. The van der Waals surface area contributed by atoms with Crippen molar-refractivity contribution in [2.45, 2.75) is 62.2 Å². The molecule has 112 valence electrons. The van der Waals surface area contributed by atoms with Crippen LogP contribution in [0.1, 0.15) is 63.0 Å². The zero-order chi connectivity index (χ0) is 16.0. The van der Waals surface area contributed by atoms with E-state index in [-0.39, 0.29) is 21.1 Å². The number of benzene rings is 1. The molecule has 0 aliphatic heterocycles. The molecule has 1 aromatic carbocycles. The molecule has 20 heavy (non-hydrogen) atoms. The summed E-state index contributed by atoms with van der Waals surface area (Å²) in [5, 5.41) is 20.1. The number of hydrogen-bond acceptors (Lipinski definition) is 4. The predicted molar refractivity (Wildman–Crippen MR) is 87.0 cm³/mol. The second-order valence-electron chi connectivity index (χ2n) is 6.98. The van der Waals surface area contributed by atoms with Crippen molar-refractivity contribution in [1.82, 2.24) is 0 Å². The van der Waals surface area contributed by atoms with Gasteiger partial charge >= 0.3 is 5.97 Å². The predicted octanol–water partition coefficient (Wildman–Crippen LogP) is 4.26. The van der Waals surface area contributed by atoms with E-state index in [1.807, 2.05) is 41.5 Å². The van der Waals surface area contributed by atoms with Crippen molar-refractivity contribution in [3.63, 3.8) is 0 Å². The first-order chi connectivity index (χ1) is 8.80. The van der Waals surface area contributed by atoms with Gasteiger partial charge in [-0.15, -0.1) is 25.3 Å². The van der Waals surface area contributed by atoms with Crippen LogP contribution in [0.15, 0.2) is 9.79 Å². The summed E-state index contributed by atoms with van der Waals surface area (Å²) in [4.78, 5) is 12.1. The van der Waals surface area contributed by atoms with E-state index in [1.165, 1.54) is 0 Å². The van der Waals surface area contributed by atoms with Crippen LogP contribution >= 0.6 is 25.3 Å². The maximum absolute atomic E-state index is 11.5. The van der Waals surface area contributed by atoms with Gasteiger partial charge in [0.25, 0.3) is 0 Å². The lowest BCUT2D eigenvalue weighted by molar-refractivity contribution is 0.0688. The van der Waals surface area contributed by atoms with E-state index in [1.54, 1.807) is 0 Å². The van der Waals surface area contributed by atoms with Crippen molar-refractivity contribution >= 4 is 31.2 Å². The smallest absolute Gasteiger partial charge is 0.337 e. The lowest BCUT2D eigenvalue weighted by Crippen LogP contribution is -2.21. The molecule has 0 bridgehead atoms. The van der Waals surface area contributed by atoms with E-state index in [0.29, 0.717) is 11.1 Å². The van der Waals surface area contributed by atoms with Crippen LogP contribution in [0.25, 0.3) is 0 Å². The van der Waals surface area contributed by atoms with Crippen molar-refractivity contribution in [2.24, 2.45) is 0 Å². The van der Waals surface area contributed by atoms with Crippen molar-refractivity contribution in [3.8, 4) is 5.75 Å². The molecule has 0 saturated carbocycles. The molecule has 0 saturated heterocycles.